The van der Waals surface area contributed by atoms with Crippen LogP contribution >= 0.6 is 0 Å². The lowest BCUT2D eigenvalue weighted by molar-refractivity contribution is -0.141. The zero-order valence-electron chi connectivity index (χ0n) is 16.2. The van der Waals surface area contributed by atoms with E-state index in [0.29, 0.717) is 31.9 Å². The van der Waals surface area contributed by atoms with Gasteiger partial charge in [-0.15, -0.1) is 0 Å². The standard InChI is InChI=1S/C19H20F6N4O2/c20-18(21,22)14-3-1-13(2-4-14)15(28-7-9-31-10-8-28)11-26-17(30)12-29-6-5-16(27-29)19(23,24)25/h1-6,15H,7-12H2,(H,26,30). The van der Waals surface area contributed by atoms with Gasteiger partial charge in [0.15, 0.2) is 5.69 Å². The van der Waals surface area contributed by atoms with E-state index in [1.54, 1.807) is 0 Å². The Bertz CT molecular complexity index is 873. The number of ether oxygens (including phenoxy) is 1. The number of amides is 1. The van der Waals surface area contributed by atoms with Crippen molar-refractivity contribution in [2.24, 2.45) is 0 Å². The Kier molecular flexibility index (Phi) is 6.90. The van der Waals surface area contributed by atoms with E-state index in [0.717, 1.165) is 29.1 Å². The van der Waals surface area contributed by atoms with Crippen molar-refractivity contribution in [1.29, 1.82) is 0 Å². The molecular weight excluding hydrogens is 430 g/mol. The summed E-state index contributed by atoms with van der Waals surface area (Å²) < 4.78 is 82.6. The van der Waals surface area contributed by atoms with E-state index >= 15 is 0 Å². The number of aromatic nitrogens is 2. The van der Waals surface area contributed by atoms with Crippen LogP contribution in [0.1, 0.15) is 22.9 Å². The fraction of sp³-hybridized carbons (Fsp3) is 0.474. The van der Waals surface area contributed by atoms with Gasteiger partial charge in [0.2, 0.25) is 5.91 Å². The molecule has 3 rings (SSSR count). The first-order valence-corrected chi connectivity index (χ1v) is 9.40. The zero-order chi connectivity index (χ0) is 22.6. The summed E-state index contributed by atoms with van der Waals surface area (Å²) in [4.78, 5) is 14.2. The van der Waals surface area contributed by atoms with Crippen LogP contribution in [0.25, 0.3) is 0 Å². The van der Waals surface area contributed by atoms with Crippen LogP contribution in [0.15, 0.2) is 36.5 Å². The van der Waals surface area contributed by atoms with Crippen LogP contribution in [0.4, 0.5) is 26.3 Å². The van der Waals surface area contributed by atoms with Crippen molar-refractivity contribution in [1.82, 2.24) is 20.0 Å². The summed E-state index contributed by atoms with van der Waals surface area (Å²) in [5.74, 6) is -0.568. The minimum atomic E-state index is -4.61. The Morgan fingerprint density at radius 1 is 1.03 bits per heavy atom. The Balaban J connectivity index is 1.67. The highest BCUT2D eigenvalue weighted by atomic mass is 19.4. The molecule has 1 atom stereocenters. The minimum Gasteiger partial charge on any atom is -0.379 e. The third-order valence-corrected chi connectivity index (χ3v) is 4.84. The van der Waals surface area contributed by atoms with E-state index in [9.17, 15) is 31.1 Å². The van der Waals surface area contributed by atoms with Crippen molar-refractivity contribution < 1.29 is 35.9 Å². The molecule has 1 amide bonds. The second kappa shape index (κ2) is 9.27. The number of carbonyl (C=O) groups is 1. The number of benzene rings is 1. The maximum absolute atomic E-state index is 12.8. The number of nitrogens with one attached hydrogen (secondary N) is 1. The average Bonchev–Trinajstić information content (AvgIpc) is 3.18. The highest BCUT2D eigenvalue weighted by molar-refractivity contribution is 5.75. The highest BCUT2D eigenvalue weighted by Crippen LogP contribution is 2.31. The van der Waals surface area contributed by atoms with Gasteiger partial charge in [-0.05, 0) is 23.8 Å². The number of halogens is 6. The van der Waals surface area contributed by atoms with Crippen molar-refractivity contribution >= 4 is 5.91 Å². The molecule has 1 saturated heterocycles. The maximum Gasteiger partial charge on any atom is 0.435 e. The zero-order valence-corrected chi connectivity index (χ0v) is 16.2. The van der Waals surface area contributed by atoms with Gasteiger partial charge >= 0.3 is 12.4 Å². The summed E-state index contributed by atoms with van der Waals surface area (Å²) >= 11 is 0. The fourth-order valence-corrected chi connectivity index (χ4v) is 3.26. The van der Waals surface area contributed by atoms with E-state index in [-0.39, 0.29) is 6.54 Å². The van der Waals surface area contributed by atoms with Crippen LogP contribution in [-0.4, -0.2) is 53.4 Å². The summed E-state index contributed by atoms with van der Waals surface area (Å²) in [7, 11) is 0. The van der Waals surface area contributed by atoms with E-state index in [4.69, 9.17) is 4.74 Å². The molecule has 0 spiro atoms. The van der Waals surface area contributed by atoms with Crippen LogP contribution in [0.5, 0.6) is 0 Å². The van der Waals surface area contributed by atoms with Crippen LogP contribution in [0, 0.1) is 0 Å². The SMILES string of the molecule is O=C(Cn1ccc(C(F)(F)F)n1)NCC(c1ccc(C(F)(F)F)cc1)N1CCOCC1. The number of hydrogen-bond acceptors (Lipinski definition) is 4. The Morgan fingerprint density at radius 2 is 1.68 bits per heavy atom. The third-order valence-electron chi connectivity index (χ3n) is 4.84. The summed E-state index contributed by atoms with van der Waals surface area (Å²) in [5.41, 5.74) is -1.30. The lowest BCUT2D eigenvalue weighted by atomic mass is 10.0. The second-order valence-corrected chi connectivity index (χ2v) is 6.98. The molecule has 1 N–H and O–H groups in total. The smallest absolute Gasteiger partial charge is 0.379 e. The Hall–Kier alpha value is -2.60. The molecule has 1 unspecified atom stereocenters. The first kappa shape index (κ1) is 23.1. The van der Waals surface area contributed by atoms with Gasteiger partial charge in [0.25, 0.3) is 0 Å². The number of alkyl halides is 6. The number of morpholine rings is 1. The number of nitrogens with zero attached hydrogens (tertiary/aromatic N) is 3. The molecule has 170 valence electrons. The summed E-state index contributed by atoms with van der Waals surface area (Å²) in [6, 6.07) is 5.03. The lowest BCUT2D eigenvalue weighted by Crippen LogP contribution is -2.44. The molecule has 12 heteroatoms. The van der Waals surface area contributed by atoms with Crippen molar-refractivity contribution in [3.8, 4) is 0 Å². The van der Waals surface area contributed by atoms with Gasteiger partial charge in [0.1, 0.15) is 6.54 Å². The molecule has 6 nitrogen and oxygen atoms in total. The van der Waals surface area contributed by atoms with Crippen molar-refractivity contribution in [2.75, 3.05) is 32.8 Å². The molecular formula is C19H20F6N4O2. The van der Waals surface area contributed by atoms with Gasteiger partial charge in [0, 0.05) is 25.8 Å². The summed E-state index contributed by atoms with van der Waals surface area (Å²) in [6.07, 6.45) is -8.01. The van der Waals surface area contributed by atoms with E-state index < -0.39 is 42.1 Å². The first-order chi connectivity index (χ1) is 14.5. The second-order valence-electron chi connectivity index (χ2n) is 6.98. The van der Waals surface area contributed by atoms with Gasteiger partial charge in [-0.3, -0.25) is 14.4 Å². The molecule has 1 aliphatic rings. The number of carbonyl (C=O) groups excluding carboxylic acids is 1. The largest absolute Gasteiger partial charge is 0.435 e. The Labute approximate surface area is 173 Å². The van der Waals surface area contributed by atoms with Gasteiger partial charge in [-0.2, -0.15) is 31.4 Å². The van der Waals surface area contributed by atoms with Crippen LogP contribution in [0.2, 0.25) is 0 Å². The van der Waals surface area contributed by atoms with Gasteiger partial charge in [-0.25, -0.2) is 0 Å². The van der Waals surface area contributed by atoms with Gasteiger partial charge < -0.3 is 10.1 Å². The molecule has 2 heterocycles. The molecule has 1 aromatic carbocycles. The molecule has 1 aromatic heterocycles. The number of rotatable bonds is 6. The van der Waals surface area contributed by atoms with E-state index in [2.05, 4.69) is 10.4 Å². The van der Waals surface area contributed by atoms with Crippen LogP contribution in [0.3, 0.4) is 0 Å². The summed E-state index contributed by atoms with van der Waals surface area (Å²) in [6.45, 7) is 1.58. The third kappa shape index (κ3) is 6.20. The molecule has 1 fully saturated rings. The van der Waals surface area contributed by atoms with Gasteiger partial charge in [-0.1, -0.05) is 12.1 Å². The molecule has 31 heavy (non-hydrogen) atoms. The van der Waals surface area contributed by atoms with Crippen LogP contribution in [-0.2, 0) is 28.4 Å². The quantitative estimate of drug-likeness (QED) is 0.688. The molecule has 0 saturated carbocycles. The topological polar surface area (TPSA) is 59.4 Å². The van der Waals surface area contributed by atoms with Crippen molar-refractivity contribution in [3.05, 3.63) is 53.3 Å². The van der Waals surface area contributed by atoms with Crippen molar-refractivity contribution in [3.63, 3.8) is 0 Å². The highest BCUT2D eigenvalue weighted by Gasteiger charge is 2.34. The molecule has 0 radical (unpaired) electrons. The lowest BCUT2D eigenvalue weighted by Gasteiger charge is -2.35. The van der Waals surface area contributed by atoms with Crippen molar-refractivity contribution in [2.45, 2.75) is 24.9 Å². The summed E-state index contributed by atoms with van der Waals surface area (Å²) in [5, 5.41) is 5.96. The molecule has 2 aromatic rings. The molecule has 1 aliphatic heterocycles. The fourth-order valence-electron chi connectivity index (χ4n) is 3.26. The average molecular weight is 450 g/mol. The molecule has 0 bridgehead atoms. The predicted octanol–water partition coefficient (Wildman–Crippen LogP) is 3.11. The first-order valence-electron chi connectivity index (χ1n) is 9.40. The van der Waals surface area contributed by atoms with Gasteiger partial charge in [0.05, 0.1) is 24.8 Å². The monoisotopic (exact) mass is 450 g/mol. The normalized spacial score (nSPS) is 16.8. The maximum atomic E-state index is 12.8. The Morgan fingerprint density at radius 3 is 2.23 bits per heavy atom. The minimum absolute atomic E-state index is 0.0671. The predicted molar refractivity (Wildman–Crippen MR) is 96.8 cm³/mol. The van der Waals surface area contributed by atoms with E-state index in [1.165, 1.54) is 12.1 Å². The van der Waals surface area contributed by atoms with Crippen LogP contribution < -0.4 is 5.32 Å². The molecule has 0 aliphatic carbocycles. The number of hydrogen-bond donors (Lipinski definition) is 1. The van der Waals surface area contributed by atoms with E-state index in [1.807, 2.05) is 4.90 Å².